The Morgan fingerprint density at radius 3 is 2.59 bits per heavy atom. The lowest BCUT2D eigenvalue weighted by atomic mass is 9.70. The van der Waals surface area contributed by atoms with E-state index in [0.29, 0.717) is 25.9 Å². The molecule has 1 aromatic carbocycles. The molecule has 37 heavy (non-hydrogen) atoms. The molecule has 0 radical (unpaired) electrons. The Kier molecular flexibility index (Phi) is 6.92. The number of thiophene rings is 1. The van der Waals surface area contributed by atoms with Crippen molar-refractivity contribution < 1.29 is 14.3 Å². The number of ether oxygens (including phenoxy) is 1. The molecule has 2 saturated heterocycles. The maximum absolute atomic E-state index is 13.6. The summed E-state index contributed by atoms with van der Waals surface area (Å²) >= 11 is 1.56. The number of hydrogen-bond acceptors (Lipinski definition) is 7. The van der Waals surface area contributed by atoms with E-state index in [9.17, 15) is 9.59 Å². The molecule has 2 N–H and O–H groups in total. The number of nitrogens with one attached hydrogen (secondary N) is 2. The number of nitrogens with zero attached hydrogens (tertiary/aromatic N) is 4. The number of aromatic nitrogens is 2. The van der Waals surface area contributed by atoms with E-state index >= 15 is 0 Å². The first-order valence-electron chi connectivity index (χ1n) is 12.3. The summed E-state index contributed by atoms with van der Waals surface area (Å²) < 4.78 is 5.52. The van der Waals surface area contributed by atoms with Crippen LogP contribution in [-0.4, -0.2) is 57.9 Å². The van der Waals surface area contributed by atoms with Crippen LogP contribution in [0.25, 0.3) is 11.1 Å². The summed E-state index contributed by atoms with van der Waals surface area (Å²) in [6.45, 7) is 3.30. The van der Waals surface area contributed by atoms with Crippen LogP contribution in [0.1, 0.15) is 30.2 Å². The molecule has 10 heteroatoms. The van der Waals surface area contributed by atoms with Crippen molar-refractivity contribution in [3.8, 4) is 11.1 Å². The van der Waals surface area contributed by atoms with Crippen molar-refractivity contribution in [3.05, 3.63) is 70.9 Å². The third kappa shape index (κ3) is 4.93. The van der Waals surface area contributed by atoms with Gasteiger partial charge in [-0.05, 0) is 48.3 Å². The van der Waals surface area contributed by atoms with Crippen molar-refractivity contribution in [1.82, 2.24) is 25.1 Å². The fourth-order valence-electron chi connectivity index (χ4n) is 5.30. The van der Waals surface area contributed by atoms with Crippen molar-refractivity contribution >= 4 is 29.3 Å². The molecule has 0 saturated carbocycles. The molecule has 2 atom stereocenters. The summed E-state index contributed by atoms with van der Waals surface area (Å²) in [6, 6.07) is 11.7. The molecule has 2 aromatic heterocycles. The summed E-state index contributed by atoms with van der Waals surface area (Å²) in [4.78, 5) is 38.6. The van der Waals surface area contributed by atoms with Gasteiger partial charge in [0.25, 0.3) is 0 Å². The van der Waals surface area contributed by atoms with E-state index in [1.807, 2.05) is 42.6 Å². The Morgan fingerprint density at radius 2 is 1.89 bits per heavy atom. The molecule has 0 spiro atoms. The van der Waals surface area contributed by atoms with Gasteiger partial charge in [0.05, 0.1) is 11.5 Å². The quantitative estimate of drug-likeness (QED) is 0.527. The molecule has 192 valence electrons. The van der Waals surface area contributed by atoms with Crippen molar-refractivity contribution in [2.45, 2.75) is 31.9 Å². The monoisotopic (exact) mass is 518 g/mol. The van der Waals surface area contributed by atoms with Crippen molar-refractivity contribution in [3.63, 3.8) is 0 Å². The number of hydrogen-bond donors (Lipinski definition) is 2. The fraction of sp³-hybridized carbons (Fsp3) is 0.370. The van der Waals surface area contributed by atoms with Gasteiger partial charge in [0, 0.05) is 43.0 Å². The Hall–Kier alpha value is -3.79. The van der Waals surface area contributed by atoms with E-state index in [0.717, 1.165) is 21.6 Å². The second-order valence-corrected chi connectivity index (χ2v) is 10.7. The topological polar surface area (TPSA) is 112 Å². The van der Waals surface area contributed by atoms with E-state index in [-0.39, 0.29) is 36.4 Å². The summed E-state index contributed by atoms with van der Waals surface area (Å²) in [5, 5.41) is 13.8. The van der Waals surface area contributed by atoms with Gasteiger partial charge in [0.1, 0.15) is 12.9 Å². The zero-order valence-electron chi connectivity index (χ0n) is 20.9. The fourth-order valence-corrected chi connectivity index (χ4v) is 6.37. The number of carbonyl (C=O) groups excluding carboxylic acids is 2. The minimum absolute atomic E-state index is 0.0457. The van der Waals surface area contributed by atoms with E-state index in [1.54, 1.807) is 35.7 Å². The molecule has 2 aliphatic rings. The van der Waals surface area contributed by atoms with Crippen molar-refractivity contribution in [1.29, 1.82) is 5.41 Å². The minimum Gasteiger partial charge on any atom is -0.445 e. The normalized spacial score (nSPS) is 22.6. The highest BCUT2D eigenvalue weighted by molar-refractivity contribution is 7.10. The molecular weight excluding hydrogens is 488 g/mol. The van der Waals surface area contributed by atoms with Gasteiger partial charge >= 0.3 is 6.09 Å². The second kappa shape index (κ2) is 10.3. The molecular formula is C27H30N6O3S. The van der Waals surface area contributed by atoms with Crippen LogP contribution in [-0.2, 0) is 21.7 Å². The number of guanidine groups is 1. The third-order valence-corrected chi connectivity index (χ3v) is 8.58. The number of rotatable bonds is 5. The smallest absolute Gasteiger partial charge is 0.410 e. The molecule has 3 aromatic rings. The Bertz CT molecular complexity index is 1280. The first kappa shape index (κ1) is 24.9. The average molecular weight is 519 g/mol. The molecule has 2 fully saturated rings. The van der Waals surface area contributed by atoms with Crippen molar-refractivity contribution in [2.75, 3.05) is 20.1 Å². The van der Waals surface area contributed by atoms with Crippen LogP contribution >= 0.6 is 11.3 Å². The lowest BCUT2D eigenvalue weighted by Gasteiger charge is -2.49. The predicted octanol–water partition coefficient (Wildman–Crippen LogP) is 4.08. The van der Waals surface area contributed by atoms with Gasteiger partial charge in [-0.15, -0.1) is 11.3 Å². The van der Waals surface area contributed by atoms with Crippen LogP contribution in [0.15, 0.2) is 60.5 Å². The minimum atomic E-state index is -0.750. The molecule has 9 nitrogen and oxygen atoms in total. The molecule has 4 heterocycles. The molecule has 0 bridgehead atoms. The van der Waals surface area contributed by atoms with Gasteiger partial charge < -0.3 is 15.0 Å². The van der Waals surface area contributed by atoms with Gasteiger partial charge in [0.2, 0.25) is 5.91 Å². The van der Waals surface area contributed by atoms with Crippen LogP contribution in [0, 0.1) is 17.2 Å². The molecule has 0 aliphatic carbocycles. The van der Waals surface area contributed by atoms with Gasteiger partial charge in [-0.1, -0.05) is 30.3 Å². The number of likely N-dealkylation sites (tertiary alicyclic amines) is 1. The summed E-state index contributed by atoms with van der Waals surface area (Å²) in [5.74, 6) is -0.324. The number of benzene rings is 1. The summed E-state index contributed by atoms with van der Waals surface area (Å²) in [5.41, 5.74) is 2.08. The summed E-state index contributed by atoms with van der Waals surface area (Å²) in [6.07, 6.45) is 6.06. The Morgan fingerprint density at radius 1 is 1.19 bits per heavy atom. The van der Waals surface area contributed by atoms with Gasteiger partial charge in [-0.2, -0.15) is 0 Å². The zero-order valence-corrected chi connectivity index (χ0v) is 21.7. The highest BCUT2D eigenvalue weighted by atomic mass is 32.1. The van der Waals surface area contributed by atoms with Crippen LogP contribution in [0.2, 0.25) is 0 Å². The maximum Gasteiger partial charge on any atom is 0.410 e. The van der Waals surface area contributed by atoms with E-state index in [2.05, 4.69) is 21.4 Å². The highest BCUT2D eigenvalue weighted by Gasteiger charge is 2.52. The number of carbonyl (C=O) groups is 2. The first-order valence-corrected chi connectivity index (χ1v) is 13.2. The molecule has 2 amide bonds. The van der Waals surface area contributed by atoms with Gasteiger partial charge in [0.15, 0.2) is 5.96 Å². The van der Waals surface area contributed by atoms with E-state index in [1.165, 1.54) is 11.2 Å². The van der Waals surface area contributed by atoms with Crippen molar-refractivity contribution in [2.24, 2.45) is 11.8 Å². The van der Waals surface area contributed by atoms with E-state index < -0.39 is 5.54 Å². The second-order valence-electron chi connectivity index (χ2n) is 9.74. The largest absolute Gasteiger partial charge is 0.445 e. The maximum atomic E-state index is 13.6. The predicted molar refractivity (Wildman–Crippen MR) is 141 cm³/mol. The highest BCUT2D eigenvalue weighted by Crippen LogP contribution is 2.45. The molecule has 5 rings (SSSR count). The SMILES string of the molecule is CN1C(=N)NC(C)(c2cc(-c3cncnc3)cs2)[C@@H](C2CCN(C(=O)OCc3ccccc3)CC2)C1=O. The standard InChI is InChI=1S/C27H30N6O3S/c1-27(22-12-20(16-37-22)21-13-29-17-30-14-21)23(24(34)32(2)25(28)31-27)19-8-10-33(11-9-19)26(35)36-15-18-6-4-3-5-7-18/h3-7,12-14,16-17,19,23H,8-11,15H2,1-2H3,(H2,28,31)/t23-,27?/m0/s1. The van der Waals surface area contributed by atoms with Crippen LogP contribution in [0.3, 0.4) is 0 Å². The van der Waals surface area contributed by atoms with Gasteiger partial charge in [-0.3, -0.25) is 15.1 Å². The lowest BCUT2D eigenvalue weighted by molar-refractivity contribution is -0.139. The van der Waals surface area contributed by atoms with Gasteiger partial charge in [-0.25, -0.2) is 14.8 Å². The van der Waals surface area contributed by atoms with Crippen LogP contribution in [0.5, 0.6) is 0 Å². The molecule has 2 aliphatic heterocycles. The summed E-state index contributed by atoms with van der Waals surface area (Å²) in [7, 11) is 1.64. The van der Waals surface area contributed by atoms with Crippen LogP contribution in [0.4, 0.5) is 4.79 Å². The first-order chi connectivity index (χ1) is 17.9. The van der Waals surface area contributed by atoms with Crippen LogP contribution < -0.4 is 5.32 Å². The lowest BCUT2D eigenvalue weighted by Crippen LogP contribution is -2.65. The Balaban J connectivity index is 1.32. The number of piperidine rings is 1. The zero-order chi connectivity index (χ0) is 26.0. The third-order valence-electron chi connectivity index (χ3n) is 7.41. The number of amides is 2. The van der Waals surface area contributed by atoms with E-state index in [4.69, 9.17) is 10.1 Å². The Labute approximate surface area is 220 Å². The average Bonchev–Trinajstić information content (AvgIpc) is 3.43. The molecule has 1 unspecified atom stereocenters.